The minimum absolute atomic E-state index is 0.167. The van der Waals surface area contributed by atoms with Crippen molar-refractivity contribution in [1.29, 1.82) is 0 Å². The van der Waals surface area contributed by atoms with Crippen LogP contribution in [0.25, 0.3) is 11.1 Å². The molecule has 27 heavy (non-hydrogen) atoms. The van der Waals surface area contributed by atoms with Crippen LogP contribution >= 0.6 is 11.8 Å². The van der Waals surface area contributed by atoms with E-state index in [1.165, 1.54) is 16.9 Å². The maximum absolute atomic E-state index is 13.3. The Labute approximate surface area is 167 Å². The molecule has 0 aliphatic carbocycles. The largest absolute Gasteiger partial charge is 0.385 e. The van der Waals surface area contributed by atoms with E-state index in [2.05, 4.69) is 47.6 Å². The van der Waals surface area contributed by atoms with Gasteiger partial charge in [-0.15, -0.1) is 11.8 Å². The van der Waals surface area contributed by atoms with Gasteiger partial charge in [0.25, 0.3) is 5.91 Å². The Morgan fingerprint density at radius 1 is 1.19 bits per heavy atom. The SMILES string of the molecule is COCCC[C@@H]1CCCCN1C(=O)c1cccc(-c2ccccc2SC)c1. The van der Waals surface area contributed by atoms with Crippen LogP contribution in [0.5, 0.6) is 0 Å². The molecule has 1 atom stereocenters. The average molecular weight is 384 g/mol. The van der Waals surface area contributed by atoms with Crippen molar-refractivity contribution in [2.75, 3.05) is 26.5 Å². The summed E-state index contributed by atoms with van der Waals surface area (Å²) < 4.78 is 5.19. The molecule has 1 amide bonds. The van der Waals surface area contributed by atoms with Crippen LogP contribution in [0.3, 0.4) is 0 Å². The van der Waals surface area contributed by atoms with Crippen molar-refractivity contribution in [3.8, 4) is 11.1 Å². The molecule has 144 valence electrons. The summed E-state index contributed by atoms with van der Waals surface area (Å²) in [6.07, 6.45) is 7.53. The number of carbonyl (C=O) groups excluding carboxylic acids is 1. The molecule has 0 saturated carbocycles. The second-order valence-electron chi connectivity index (χ2n) is 7.06. The molecule has 1 aliphatic heterocycles. The Balaban J connectivity index is 1.82. The number of amides is 1. The van der Waals surface area contributed by atoms with Gasteiger partial charge < -0.3 is 9.64 Å². The lowest BCUT2D eigenvalue weighted by atomic mass is 9.96. The summed E-state index contributed by atoms with van der Waals surface area (Å²) in [5, 5.41) is 0. The molecule has 4 heteroatoms. The van der Waals surface area contributed by atoms with Crippen LogP contribution in [0.15, 0.2) is 53.4 Å². The molecule has 0 radical (unpaired) electrons. The van der Waals surface area contributed by atoms with Gasteiger partial charge in [0.05, 0.1) is 0 Å². The van der Waals surface area contributed by atoms with Crippen LogP contribution in [0.4, 0.5) is 0 Å². The zero-order chi connectivity index (χ0) is 19.1. The van der Waals surface area contributed by atoms with Crippen molar-refractivity contribution in [3.63, 3.8) is 0 Å². The number of nitrogens with zero attached hydrogens (tertiary/aromatic N) is 1. The first-order valence-electron chi connectivity index (χ1n) is 9.78. The van der Waals surface area contributed by atoms with Gasteiger partial charge in [-0.25, -0.2) is 0 Å². The molecule has 0 bridgehead atoms. The van der Waals surface area contributed by atoms with E-state index in [4.69, 9.17) is 4.74 Å². The predicted molar refractivity (Wildman–Crippen MR) is 113 cm³/mol. The third kappa shape index (κ3) is 4.94. The number of hydrogen-bond acceptors (Lipinski definition) is 3. The van der Waals surface area contributed by atoms with E-state index in [1.807, 2.05) is 12.1 Å². The predicted octanol–water partition coefficient (Wildman–Crippen LogP) is 5.50. The molecule has 0 aromatic heterocycles. The molecule has 3 nitrogen and oxygen atoms in total. The van der Waals surface area contributed by atoms with Gasteiger partial charge >= 0.3 is 0 Å². The molecule has 0 spiro atoms. The molecule has 1 fully saturated rings. The van der Waals surface area contributed by atoms with E-state index in [-0.39, 0.29) is 5.91 Å². The number of piperidine rings is 1. The number of likely N-dealkylation sites (tertiary alicyclic amines) is 1. The second-order valence-corrected chi connectivity index (χ2v) is 7.91. The third-order valence-electron chi connectivity index (χ3n) is 5.30. The topological polar surface area (TPSA) is 29.5 Å². The minimum atomic E-state index is 0.167. The van der Waals surface area contributed by atoms with Gasteiger partial charge in [-0.1, -0.05) is 30.3 Å². The molecule has 1 heterocycles. The highest BCUT2D eigenvalue weighted by molar-refractivity contribution is 7.98. The fourth-order valence-electron chi connectivity index (χ4n) is 3.90. The van der Waals surface area contributed by atoms with Gasteiger partial charge in [-0.3, -0.25) is 4.79 Å². The number of carbonyl (C=O) groups is 1. The Morgan fingerprint density at radius 3 is 2.85 bits per heavy atom. The first-order chi connectivity index (χ1) is 13.2. The lowest BCUT2D eigenvalue weighted by molar-refractivity contribution is 0.0585. The number of ether oxygens (including phenoxy) is 1. The van der Waals surface area contributed by atoms with Crippen molar-refractivity contribution in [1.82, 2.24) is 4.90 Å². The molecular weight excluding hydrogens is 354 g/mol. The van der Waals surface area contributed by atoms with Gasteiger partial charge in [0.15, 0.2) is 0 Å². The van der Waals surface area contributed by atoms with Crippen LogP contribution < -0.4 is 0 Å². The van der Waals surface area contributed by atoms with Crippen molar-refractivity contribution >= 4 is 17.7 Å². The zero-order valence-corrected chi connectivity index (χ0v) is 17.1. The van der Waals surface area contributed by atoms with Gasteiger partial charge in [0, 0.05) is 36.8 Å². The first-order valence-corrected chi connectivity index (χ1v) is 11.0. The number of benzene rings is 2. The smallest absolute Gasteiger partial charge is 0.254 e. The summed E-state index contributed by atoms with van der Waals surface area (Å²) in [6, 6.07) is 16.8. The fraction of sp³-hybridized carbons (Fsp3) is 0.435. The van der Waals surface area contributed by atoms with Gasteiger partial charge in [-0.05, 0) is 67.7 Å². The lowest BCUT2D eigenvalue weighted by Gasteiger charge is -2.36. The Morgan fingerprint density at radius 2 is 2.04 bits per heavy atom. The standard InChI is InChI=1S/C23H29NO2S/c1-26-16-8-12-20-11-5-6-15-24(20)23(25)19-10-7-9-18(17-19)21-13-3-4-14-22(21)27-2/h3-4,7,9-10,13-14,17,20H,5-6,8,11-12,15-16H2,1-2H3/t20-/m0/s1. The maximum Gasteiger partial charge on any atom is 0.254 e. The van der Waals surface area contributed by atoms with Gasteiger partial charge in [-0.2, -0.15) is 0 Å². The molecule has 0 N–H and O–H groups in total. The number of methoxy groups -OCH3 is 1. The lowest BCUT2D eigenvalue weighted by Crippen LogP contribution is -2.43. The van der Waals surface area contributed by atoms with E-state index in [1.54, 1.807) is 18.9 Å². The first kappa shape index (κ1) is 20.0. The maximum atomic E-state index is 13.3. The highest BCUT2D eigenvalue weighted by Crippen LogP contribution is 2.31. The average Bonchev–Trinajstić information content (AvgIpc) is 2.74. The second kappa shape index (κ2) is 9.95. The van der Waals surface area contributed by atoms with Crippen LogP contribution in [-0.4, -0.2) is 43.4 Å². The fourth-order valence-corrected chi connectivity index (χ4v) is 4.52. The Bertz CT molecular complexity index is 762. The van der Waals surface area contributed by atoms with Gasteiger partial charge in [0.2, 0.25) is 0 Å². The van der Waals surface area contributed by atoms with E-state index in [9.17, 15) is 4.79 Å². The van der Waals surface area contributed by atoms with E-state index in [0.29, 0.717) is 6.04 Å². The summed E-state index contributed by atoms with van der Waals surface area (Å²) in [4.78, 5) is 16.6. The van der Waals surface area contributed by atoms with Gasteiger partial charge in [0.1, 0.15) is 0 Å². The van der Waals surface area contributed by atoms with Crippen LogP contribution in [0.2, 0.25) is 0 Å². The normalized spacial score (nSPS) is 17.1. The minimum Gasteiger partial charge on any atom is -0.385 e. The van der Waals surface area contributed by atoms with Crippen molar-refractivity contribution in [2.45, 2.75) is 43.0 Å². The number of hydrogen-bond donors (Lipinski definition) is 0. The van der Waals surface area contributed by atoms with E-state index < -0.39 is 0 Å². The van der Waals surface area contributed by atoms with E-state index >= 15 is 0 Å². The van der Waals surface area contributed by atoms with E-state index in [0.717, 1.165) is 50.0 Å². The summed E-state index contributed by atoms with van der Waals surface area (Å²) in [6.45, 7) is 1.63. The summed E-state index contributed by atoms with van der Waals surface area (Å²) >= 11 is 1.74. The molecule has 0 unspecified atom stereocenters. The third-order valence-corrected chi connectivity index (χ3v) is 6.10. The molecule has 2 aromatic rings. The highest BCUT2D eigenvalue weighted by Gasteiger charge is 2.27. The van der Waals surface area contributed by atoms with Crippen molar-refractivity contribution < 1.29 is 9.53 Å². The molecular formula is C23H29NO2S. The summed E-state index contributed by atoms with van der Waals surface area (Å²) in [5.74, 6) is 0.167. The number of rotatable bonds is 7. The number of thioether (sulfide) groups is 1. The molecule has 1 saturated heterocycles. The summed E-state index contributed by atoms with van der Waals surface area (Å²) in [5.41, 5.74) is 3.09. The summed E-state index contributed by atoms with van der Waals surface area (Å²) in [7, 11) is 1.74. The highest BCUT2D eigenvalue weighted by atomic mass is 32.2. The van der Waals surface area contributed by atoms with Crippen LogP contribution in [0.1, 0.15) is 42.5 Å². The molecule has 3 rings (SSSR count). The quantitative estimate of drug-likeness (QED) is 0.467. The van der Waals surface area contributed by atoms with Crippen LogP contribution in [0, 0.1) is 0 Å². The molecule has 1 aliphatic rings. The van der Waals surface area contributed by atoms with Crippen molar-refractivity contribution in [2.24, 2.45) is 0 Å². The molecule has 2 aromatic carbocycles. The van der Waals surface area contributed by atoms with Crippen molar-refractivity contribution in [3.05, 3.63) is 54.1 Å². The Hall–Kier alpha value is -1.78. The monoisotopic (exact) mass is 383 g/mol. The Kier molecular flexibility index (Phi) is 7.36. The van der Waals surface area contributed by atoms with Crippen LogP contribution in [-0.2, 0) is 4.74 Å². The zero-order valence-electron chi connectivity index (χ0n) is 16.3.